The van der Waals surface area contributed by atoms with Crippen LogP contribution in [-0.2, 0) is 23.9 Å². The van der Waals surface area contributed by atoms with Crippen molar-refractivity contribution in [3.63, 3.8) is 0 Å². The molecule has 1 spiro atoms. The molecule has 1 aromatic carbocycles. The zero-order valence-electron chi connectivity index (χ0n) is 26.1. The summed E-state index contributed by atoms with van der Waals surface area (Å²) in [6.45, 7) is 19.6. The van der Waals surface area contributed by atoms with E-state index in [0.717, 1.165) is 16.8 Å². The van der Waals surface area contributed by atoms with E-state index in [1.165, 1.54) is 0 Å². The van der Waals surface area contributed by atoms with Gasteiger partial charge in [-0.1, -0.05) is 51.5 Å². The number of hydrogen-bond donors (Lipinski definition) is 1. The molecule has 3 heterocycles. The van der Waals surface area contributed by atoms with Gasteiger partial charge in [0.15, 0.2) is 0 Å². The minimum absolute atomic E-state index is 0.0902. The number of carbonyl (C=O) groups is 3. The predicted octanol–water partition coefficient (Wildman–Crippen LogP) is 4.75. The van der Waals surface area contributed by atoms with Gasteiger partial charge in [-0.3, -0.25) is 14.4 Å². The lowest BCUT2D eigenvalue weighted by Crippen LogP contribution is -2.60. The molecule has 0 aliphatic carbocycles. The first kappa shape index (κ1) is 32.0. The van der Waals surface area contributed by atoms with Crippen molar-refractivity contribution in [2.45, 2.75) is 90.5 Å². The summed E-state index contributed by atoms with van der Waals surface area (Å²) >= 11 is 0. The van der Waals surface area contributed by atoms with Crippen LogP contribution in [0.3, 0.4) is 0 Å². The number of nitrogens with zero attached hydrogens (tertiary/aromatic N) is 2. The molecule has 3 unspecified atom stereocenters. The fourth-order valence-corrected chi connectivity index (χ4v) is 7.57. The van der Waals surface area contributed by atoms with Crippen LogP contribution >= 0.6 is 0 Å². The lowest BCUT2D eigenvalue weighted by Gasteiger charge is -2.41. The first-order valence-electron chi connectivity index (χ1n) is 15.3. The summed E-state index contributed by atoms with van der Waals surface area (Å²) in [5.74, 6) is -3.03. The number of aliphatic hydroxyl groups is 1. The SMILES string of the molecule is C=CCCCOC(=O)[C@@H]1[C@H]2C(=O)N([C@@H](CO)[C@@H](C)CC)C(C(=O)N(CC=C)c3cc(C)ccc3C)C23CC(C)[C@@]1(C)O3. The smallest absolute Gasteiger partial charge is 0.312 e. The number of anilines is 1. The summed E-state index contributed by atoms with van der Waals surface area (Å²) in [7, 11) is 0. The maximum atomic E-state index is 14.9. The number of aryl methyl sites for hydroxylation is 2. The van der Waals surface area contributed by atoms with Crippen LogP contribution < -0.4 is 4.90 Å². The van der Waals surface area contributed by atoms with E-state index in [9.17, 15) is 19.5 Å². The number of likely N-dealkylation sites (tertiary alicyclic amines) is 1. The second kappa shape index (κ2) is 12.3. The van der Waals surface area contributed by atoms with Crippen molar-refractivity contribution >= 4 is 23.5 Å². The third-order valence-electron chi connectivity index (χ3n) is 10.1. The lowest BCUT2D eigenvalue weighted by molar-refractivity contribution is -0.163. The number of fused-ring (bicyclic) bond motifs is 1. The standard InChI is InChI=1S/C34H48N2O6/c1-9-12-13-17-41-32(40)28-27-30(38)36(26(20-37)22(5)11-3)29(34(27)19-24(7)33(28,8)42-34)31(39)35(16-10-2)25-18-21(4)14-15-23(25)6/h9-10,14-15,18,22,24,26-29,37H,1-2,11-13,16-17,19-20H2,3-8H3/t22-,24?,26-,27-,28-,29?,33+,34?/m0/s1. The number of esters is 1. The van der Waals surface area contributed by atoms with E-state index in [0.29, 0.717) is 25.7 Å². The molecule has 0 saturated carbocycles. The molecule has 4 rings (SSSR count). The average Bonchev–Trinajstić information content (AvgIpc) is 3.47. The number of benzene rings is 1. The van der Waals surface area contributed by atoms with Crippen LogP contribution in [0, 0.1) is 37.5 Å². The van der Waals surface area contributed by atoms with E-state index in [-0.39, 0.29) is 43.4 Å². The molecular weight excluding hydrogens is 532 g/mol. The molecule has 2 bridgehead atoms. The van der Waals surface area contributed by atoms with Gasteiger partial charge in [0.2, 0.25) is 5.91 Å². The molecule has 8 nitrogen and oxygen atoms in total. The Balaban J connectivity index is 1.86. The average molecular weight is 581 g/mol. The van der Waals surface area contributed by atoms with Crippen LogP contribution in [0.15, 0.2) is 43.5 Å². The third-order valence-corrected chi connectivity index (χ3v) is 10.1. The van der Waals surface area contributed by atoms with Crippen molar-refractivity contribution in [1.82, 2.24) is 4.90 Å². The molecule has 1 aromatic rings. The molecule has 0 aromatic heterocycles. The minimum atomic E-state index is -1.23. The van der Waals surface area contributed by atoms with Crippen LogP contribution in [-0.4, -0.2) is 70.8 Å². The second-order valence-corrected chi connectivity index (χ2v) is 12.7. The minimum Gasteiger partial charge on any atom is -0.465 e. The molecule has 3 saturated heterocycles. The Morgan fingerprint density at radius 3 is 2.62 bits per heavy atom. The van der Waals surface area contributed by atoms with E-state index < -0.39 is 41.1 Å². The Kier molecular flexibility index (Phi) is 9.38. The Hall–Kier alpha value is -2.97. The first-order chi connectivity index (χ1) is 19.9. The summed E-state index contributed by atoms with van der Waals surface area (Å²) in [4.78, 5) is 46.5. The van der Waals surface area contributed by atoms with Gasteiger partial charge in [-0.15, -0.1) is 13.2 Å². The van der Waals surface area contributed by atoms with E-state index in [4.69, 9.17) is 9.47 Å². The lowest BCUT2D eigenvalue weighted by atomic mass is 9.62. The van der Waals surface area contributed by atoms with Crippen LogP contribution in [0.4, 0.5) is 5.69 Å². The molecule has 42 heavy (non-hydrogen) atoms. The quantitative estimate of drug-likeness (QED) is 0.206. The second-order valence-electron chi connectivity index (χ2n) is 12.7. The summed E-state index contributed by atoms with van der Waals surface area (Å²) < 4.78 is 12.6. The molecule has 1 N–H and O–H groups in total. The van der Waals surface area contributed by atoms with E-state index in [1.807, 2.05) is 59.7 Å². The Bertz CT molecular complexity index is 1230. The molecule has 8 heteroatoms. The summed E-state index contributed by atoms with van der Waals surface area (Å²) in [6.07, 6.45) is 5.94. The normalized spacial score (nSPS) is 31.0. The maximum Gasteiger partial charge on any atom is 0.312 e. The van der Waals surface area contributed by atoms with Crippen molar-refractivity contribution in [2.24, 2.45) is 23.7 Å². The summed E-state index contributed by atoms with van der Waals surface area (Å²) in [6, 6.07) is 4.29. The molecule has 0 radical (unpaired) electrons. The van der Waals surface area contributed by atoms with Crippen LogP contribution in [0.2, 0.25) is 0 Å². The number of unbranched alkanes of at least 4 members (excludes halogenated alkanes) is 1. The van der Waals surface area contributed by atoms with E-state index in [1.54, 1.807) is 22.0 Å². The van der Waals surface area contributed by atoms with Gasteiger partial charge in [0.1, 0.15) is 17.6 Å². The number of ether oxygens (including phenoxy) is 2. The van der Waals surface area contributed by atoms with Gasteiger partial charge < -0.3 is 24.4 Å². The van der Waals surface area contributed by atoms with Crippen LogP contribution in [0.1, 0.15) is 64.5 Å². The number of allylic oxidation sites excluding steroid dienone is 1. The molecule has 8 atom stereocenters. The number of amides is 2. The molecular formula is C34H48N2O6. The fourth-order valence-electron chi connectivity index (χ4n) is 7.57. The van der Waals surface area contributed by atoms with E-state index in [2.05, 4.69) is 13.2 Å². The zero-order valence-corrected chi connectivity index (χ0v) is 26.1. The van der Waals surface area contributed by atoms with Gasteiger partial charge in [0, 0.05) is 12.2 Å². The van der Waals surface area contributed by atoms with Crippen molar-refractivity contribution in [1.29, 1.82) is 0 Å². The van der Waals surface area contributed by atoms with Gasteiger partial charge in [-0.25, -0.2) is 0 Å². The van der Waals surface area contributed by atoms with Crippen molar-refractivity contribution in [3.05, 3.63) is 54.6 Å². The largest absolute Gasteiger partial charge is 0.465 e. The van der Waals surface area contributed by atoms with Crippen molar-refractivity contribution in [3.8, 4) is 0 Å². The molecule has 3 fully saturated rings. The highest BCUT2D eigenvalue weighted by Crippen LogP contribution is 2.66. The van der Waals surface area contributed by atoms with Crippen molar-refractivity contribution < 1.29 is 29.0 Å². The Morgan fingerprint density at radius 2 is 2.00 bits per heavy atom. The highest BCUT2D eigenvalue weighted by atomic mass is 16.6. The van der Waals surface area contributed by atoms with Crippen LogP contribution in [0.5, 0.6) is 0 Å². The number of aliphatic hydroxyl groups excluding tert-OH is 1. The first-order valence-corrected chi connectivity index (χ1v) is 15.3. The molecule has 2 amide bonds. The molecule has 3 aliphatic heterocycles. The highest BCUT2D eigenvalue weighted by Gasteiger charge is 2.81. The van der Waals surface area contributed by atoms with Crippen LogP contribution in [0.25, 0.3) is 0 Å². The number of hydrogen-bond acceptors (Lipinski definition) is 6. The number of carbonyl (C=O) groups excluding carboxylic acids is 3. The van der Waals surface area contributed by atoms with Gasteiger partial charge in [0.25, 0.3) is 5.91 Å². The van der Waals surface area contributed by atoms with E-state index >= 15 is 0 Å². The van der Waals surface area contributed by atoms with Crippen molar-refractivity contribution in [2.75, 3.05) is 24.7 Å². The molecule has 230 valence electrons. The highest BCUT2D eigenvalue weighted by molar-refractivity contribution is 6.05. The third kappa shape index (κ3) is 5.00. The van der Waals surface area contributed by atoms with Gasteiger partial charge >= 0.3 is 5.97 Å². The summed E-state index contributed by atoms with van der Waals surface area (Å²) in [5, 5.41) is 10.6. The van der Waals surface area contributed by atoms with Gasteiger partial charge in [-0.05, 0) is 69.1 Å². The zero-order chi connectivity index (χ0) is 31.0. The number of rotatable bonds is 13. The maximum absolute atomic E-state index is 14.9. The summed E-state index contributed by atoms with van der Waals surface area (Å²) in [5.41, 5.74) is 0.457. The van der Waals surface area contributed by atoms with Gasteiger partial charge in [0.05, 0.1) is 30.8 Å². The monoisotopic (exact) mass is 580 g/mol. The molecule has 3 aliphatic rings. The topological polar surface area (TPSA) is 96.4 Å². The fraction of sp³-hybridized carbons (Fsp3) is 0.618. The predicted molar refractivity (Wildman–Crippen MR) is 163 cm³/mol. The Labute approximate surface area is 250 Å². The van der Waals surface area contributed by atoms with Gasteiger partial charge in [-0.2, -0.15) is 0 Å². The Morgan fingerprint density at radius 1 is 1.29 bits per heavy atom.